The van der Waals surface area contributed by atoms with Crippen molar-refractivity contribution in [2.24, 2.45) is 0 Å². The SMILES string of the molecule is COC(=O)C(NC(=O)Oc1ccc(C(F)(F)F)cc1)C(C)=O. The van der Waals surface area contributed by atoms with Gasteiger partial charge in [-0.3, -0.25) is 4.79 Å². The van der Waals surface area contributed by atoms with Crippen LogP contribution in [0.5, 0.6) is 5.75 Å². The summed E-state index contributed by atoms with van der Waals surface area (Å²) in [5, 5.41) is 1.95. The van der Waals surface area contributed by atoms with E-state index >= 15 is 0 Å². The molecule has 22 heavy (non-hydrogen) atoms. The number of ketones is 1. The van der Waals surface area contributed by atoms with Crippen molar-refractivity contribution >= 4 is 17.8 Å². The minimum absolute atomic E-state index is 0.183. The van der Waals surface area contributed by atoms with Crippen LogP contribution in [0, 0.1) is 0 Å². The molecule has 0 radical (unpaired) electrons. The number of hydrogen-bond acceptors (Lipinski definition) is 5. The van der Waals surface area contributed by atoms with Gasteiger partial charge >= 0.3 is 18.2 Å². The van der Waals surface area contributed by atoms with Crippen LogP contribution in [0.1, 0.15) is 12.5 Å². The highest BCUT2D eigenvalue weighted by molar-refractivity contribution is 6.04. The number of esters is 1. The van der Waals surface area contributed by atoms with Crippen molar-refractivity contribution in [2.45, 2.75) is 19.1 Å². The Balaban J connectivity index is 2.72. The summed E-state index contributed by atoms with van der Waals surface area (Å²) in [6.07, 6.45) is -5.68. The molecule has 1 N–H and O–H groups in total. The highest BCUT2D eigenvalue weighted by Gasteiger charge is 2.30. The lowest BCUT2D eigenvalue weighted by Crippen LogP contribution is -2.47. The van der Waals surface area contributed by atoms with Gasteiger partial charge in [0.25, 0.3) is 0 Å². The molecule has 0 fully saturated rings. The third-order valence-electron chi connectivity index (χ3n) is 2.50. The topological polar surface area (TPSA) is 81.7 Å². The van der Waals surface area contributed by atoms with Crippen molar-refractivity contribution in [3.63, 3.8) is 0 Å². The van der Waals surface area contributed by atoms with Gasteiger partial charge in [0.05, 0.1) is 12.7 Å². The van der Waals surface area contributed by atoms with Crippen LogP contribution in [0.2, 0.25) is 0 Å². The number of amides is 1. The molecule has 9 heteroatoms. The largest absolute Gasteiger partial charge is 0.467 e. The number of hydrogen-bond donors (Lipinski definition) is 1. The molecule has 1 amide bonds. The van der Waals surface area contributed by atoms with Gasteiger partial charge in [0.15, 0.2) is 11.8 Å². The molecule has 0 aromatic heterocycles. The fraction of sp³-hybridized carbons (Fsp3) is 0.308. The fourth-order valence-corrected chi connectivity index (χ4v) is 1.41. The first-order valence-electron chi connectivity index (χ1n) is 5.89. The zero-order chi connectivity index (χ0) is 16.9. The lowest BCUT2D eigenvalue weighted by molar-refractivity contribution is -0.146. The predicted molar refractivity (Wildman–Crippen MR) is 67.1 cm³/mol. The van der Waals surface area contributed by atoms with Crippen molar-refractivity contribution < 1.29 is 37.0 Å². The number of nitrogens with one attached hydrogen (secondary N) is 1. The van der Waals surface area contributed by atoms with E-state index in [4.69, 9.17) is 0 Å². The Bertz CT molecular complexity index is 568. The lowest BCUT2D eigenvalue weighted by Gasteiger charge is -2.13. The molecule has 0 aliphatic rings. The van der Waals surface area contributed by atoms with E-state index in [2.05, 4.69) is 9.47 Å². The molecule has 0 aliphatic carbocycles. The molecule has 1 atom stereocenters. The normalized spacial score (nSPS) is 12.2. The molecule has 1 rings (SSSR count). The molecule has 0 saturated heterocycles. The quantitative estimate of drug-likeness (QED) is 0.677. The number of alkyl halides is 3. The Hall–Kier alpha value is -2.58. The minimum Gasteiger partial charge on any atom is -0.467 e. The van der Waals surface area contributed by atoms with Crippen LogP contribution in [-0.2, 0) is 20.5 Å². The van der Waals surface area contributed by atoms with E-state index < -0.39 is 35.6 Å². The zero-order valence-electron chi connectivity index (χ0n) is 11.6. The number of halogens is 3. The lowest BCUT2D eigenvalue weighted by atomic mass is 10.2. The third-order valence-corrected chi connectivity index (χ3v) is 2.50. The maximum absolute atomic E-state index is 12.4. The first-order valence-corrected chi connectivity index (χ1v) is 5.89. The van der Waals surface area contributed by atoms with Crippen molar-refractivity contribution in [1.82, 2.24) is 5.32 Å². The first-order chi connectivity index (χ1) is 10.1. The Morgan fingerprint density at radius 3 is 2.09 bits per heavy atom. The molecule has 1 aromatic rings. The molecular formula is C13H12F3NO5. The van der Waals surface area contributed by atoms with Gasteiger partial charge in [-0.25, -0.2) is 9.59 Å². The van der Waals surface area contributed by atoms with Gasteiger partial charge in [0, 0.05) is 0 Å². The van der Waals surface area contributed by atoms with Gasteiger partial charge in [-0.2, -0.15) is 13.2 Å². The molecule has 0 bridgehead atoms. The van der Waals surface area contributed by atoms with Crippen molar-refractivity contribution in [2.75, 3.05) is 7.11 Å². The summed E-state index contributed by atoms with van der Waals surface area (Å²) in [7, 11) is 1.03. The predicted octanol–water partition coefficient (Wildman–Crippen LogP) is 1.92. The van der Waals surface area contributed by atoms with E-state index in [0.29, 0.717) is 0 Å². The molecule has 0 heterocycles. The summed E-state index contributed by atoms with van der Waals surface area (Å²) < 4.78 is 46.1. The second-order valence-corrected chi connectivity index (χ2v) is 4.12. The Labute approximate surface area is 123 Å². The van der Waals surface area contributed by atoms with E-state index in [1.807, 2.05) is 5.32 Å². The molecule has 1 unspecified atom stereocenters. The number of Topliss-reactive ketones (excluding diaryl/α,β-unsaturated/α-hetero) is 1. The van der Waals surface area contributed by atoms with E-state index in [1.54, 1.807) is 0 Å². The van der Waals surface area contributed by atoms with Crippen LogP contribution in [-0.4, -0.2) is 31.0 Å². The monoisotopic (exact) mass is 319 g/mol. The minimum atomic E-state index is -4.51. The van der Waals surface area contributed by atoms with Crippen LogP contribution in [0.25, 0.3) is 0 Å². The number of methoxy groups -OCH3 is 1. The molecule has 120 valence electrons. The summed E-state index contributed by atoms with van der Waals surface area (Å²) >= 11 is 0. The zero-order valence-corrected chi connectivity index (χ0v) is 11.6. The van der Waals surface area contributed by atoms with Gasteiger partial charge in [-0.15, -0.1) is 0 Å². The van der Waals surface area contributed by atoms with Crippen LogP contribution < -0.4 is 10.1 Å². The first kappa shape index (κ1) is 17.5. The summed E-state index contributed by atoms with van der Waals surface area (Å²) in [6, 6.07) is 1.77. The highest BCUT2D eigenvalue weighted by Crippen LogP contribution is 2.30. The molecular weight excluding hydrogens is 307 g/mol. The molecule has 6 nitrogen and oxygen atoms in total. The summed E-state index contributed by atoms with van der Waals surface area (Å²) in [5.41, 5.74) is -0.906. The van der Waals surface area contributed by atoms with Crippen molar-refractivity contribution in [3.8, 4) is 5.75 Å². The highest BCUT2D eigenvalue weighted by atomic mass is 19.4. The second kappa shape index (κ2) is 6.92. The maximum Gasteiger partial charge on any atom is 0.416 e. The average Bonchev–Trinajstić information content (AvgIpc) is 2.43. The van der Waals surface area contributed by atoms with Crippen LogP contribution in [0.15, 0.2) is 24.3 Å². The number of benzene rings is 1. The Morgan fingerprint density at radius 1 is 1.14 bits per heavy atom. The fourth-order valence-electron chi connectivity index (χ4n) is 1.41. The smallest absolute Gasteiger partial charge is 0.416 e. The third kappa shape index (κ3) is 4.76. The summed E-state index contributed by atoms with van der Waals surface area (Å²) in [4.78, 5) is 34.0. The van der Waals surface area contributed by atoms with Crippen molar-refractivity contribution in [1.29, 1.82) is 0 Å². The molecule has 0 spiro atoms. The van der Waals surface area contributed by atoms with E-state index in [0.717, 1.165) is 38.3 Å². The van der Waals surface area contributed by atoms with Crippen LogP contribution in [0.3, 0.4) is 0 Å². The summed E-state index contributed by atoms with van der Waals surface area (Å²) in [6.45, 7) is 1.06. The number of carbonyl (C=O) groups excluding carboxylic acids is 3. The average molecular weight is 319 g/mol. The number of carbonyl (C=O) groups is 3. The van der Waals surface area contributed by atoms with Gasteiger partial charge in [-0.1, -0.05) is 0 Å². The summed E-state index contributed by atoms with van der Waals surface area (Å²) in [5.74, 6) is -1.86. The second-order valence-electron chi connectivity index (χ2n) is 4.12. The van der Waals surface area contributed by atoms with E-state index in [1.165, 1.54) is 0 Å². The van der Waals surface area contributed by atoms with Gasteiger partial charge in [0.1, 0.15) is 5.75 Å². The van der Waals surface area contributed by atoms with E-state index in [9.17, 15) is 27.6 Å². The van der Waals surface area contributed by atoms with Crippen LogP contribution in [0.4, 0.5) is 18.0 Å². The van der Waals surface area contributed by atoms with Gasteiger partial charge < -0.3 is 14.8 Å². The van der Waals surface area contributed by atoms with Gasteiger partial charge in [0.2, 0.25) is 0 Å². The molecule has 0 saturated carbocycles. The maximum atomic E-state index is 12.4. The standard InChI is InChI=1S/C13H12F3NO5/c1-7(18)10(11(19)21-2)17-12(20)22-9-5-3-8(4-6-9)13(14,15)16/h3-6,10H,1-2H3,(H,17,20). The van der Waals surface area contributed by atoms with E-state index in [-0.39, 0.29) is 5.75 Å². The Morgan fingerprint density at radius 2 is 1.68 bits per heavy atom. The molecule has 1 aromatic carbocycles. The Kier molecular flexibility index (Phi) is 5.50. The van der Waals surface area contributed by atoms with Crippen molar-refractivity contribution in [3.05, 3.63) is 29.8 Å². The molecule has 0 aliphatic heterocycles. The van der Waals surface area contributed by atoms with Gasteiger partial charge in [-0.05, 0) is 31.2 Å². The number of ether oxygens (including phenoxy) is 2. The number of rotatable bonds is 4. The van der Waals surface area contributed by atoms with Crippen LogP contribution >= 0.6 is 0 Å².